The number of rotatable bonds is 5. The maximum Gasteiger partial charge on any atom is 0.485 e. The van der Waals surface area contributed by atoms with Gasteiger partial charge in [0.2, 0.25) is 0 Å². The van der Waals surface area contributed by atoms with Crippen molar-refractivity contribution < 1.29 is 30.9 Å². The van der Waals surface area contributed by atoms with E-state index in [-0.39, 0.29) is 10.9 Å². The molecule has 3 aromatic rings. The van der Waals surface area contributed by atoms with Crippen molar-refractivity contribution in [1.29, 1.82) is 0 Å². The summed E-state index contributed by atoms with van der Waals surface area (Å²) in [6.45, 7) is 0. The van der Waals surface area contributed by atoms with Crippen LogP contribution < -0.4 is 4.74 Å². The van der Waals surface area contributed by atoms with Crippen LogP contribution in [0.4, 0.5) is 13.2 Å². The fourth-order valence-corrected chi connectivity index (χ4v) is 4.46. The van der Waals surface area contributed by atoms with Crippen LogP contribution in [0.25, 0.3) is 0 Å². The van der Waals surface area contributed by atoms with Gasteiger partial charge < -0.3 is 9.29 Å². The Morgan fingerprint density at radius 1 is 0.833 bits per heavy atom. The molecule has 0 aliphatic rings. The molecule has 0 saturated carbocycles. The topological polar surface area (TPSA) is 66.4 Å². The van der Waals surface area contributed by atoms with Crippen LogP contribution >= 0.6 is 0 Å². The molecular formula is C21H19F3O4S2. The average molecular weight is 457 g/mol. The first-order chi connectivity index (χ1) is 14.1. The second-order valence-electron chi connectivity index (χ2n) is 5.91. The van der Waals surface area contributed by atoms with E-state index in [1.54, 1.807) is 7.11 Å². The molecule has 3 aromatic carbocycles. The average Bonchev–Trinajstić information content (AvgIpc) is 2.73. The van der Waals surface area contributed by atoms with E-state index in [9.17, 15) is 13.2 Å². The number of alkyl halides is 3. The van der Waals surface area contributed by atoms with Crippen molar-refractivity contribution in [2.24, 2.45) is 0 Å². The highest BCUT2D eigenvalue weighted by atomic mass is 32.2. The summed E-state index contributed by atoms with van der Waals surface area (Å²) in [6.07, 6.45) is 0. The molecule has 0 radical (unpaired) electrons. The summed E-state index contributed by atoms with van der Waals surface area (Å²) in [7, 11) is -4.34. The van der Waals surface area contributed by atoms with Crippen LogP contribution in [0.2, 0.25) is 0 Å². The lowest BCUT2D eigenvalue weighted by atomic mass is 10.2. The zero-order valence-corrected chi connectivity index (χ0v) is 17.5. The third-order valence-corrected chi connectivity index (χ3v) is 6.68. The van der Waals surface area contributed by atoms with Crippen LogP contribution in [0.1, 0.15) is 5.56 Å². The highest BCUT2D eigenvalue weighted by molar-refractivity contribution is 7.96. The maximum atomic E-state index is 10.7. The zero-order chi connectivity index (χ0) is 22.2. The Kier molecular flexibility index (Phi) is 8.33. The smallest absolute Gasteiger partial charge is 0.485 e. The van der Waals surface area contributed by atoms with E-state index in [0.717, 1.165) is 11.5 Å². The van der Waals surface area contributed by atoms with E-state index in [4.69, 9.17) is 17.7 Å². The first-order valence-corrected chi connectivity index (χ1v) is 11.4. The zero-order valence-electron chi connectivity index (χ0n) is 15.9. The Labute approximate surface area is 176 Å². The minimum Gasteiger partial charge on any atom is -0.741 e. The van der Waals surface area contributed by atoms with Crippen LogP contribution in [0, 0.1) is 0 Å². The van der Waals surface area contributed by atoms with Gasteiger partial charge in [0.25, 0.3) is 0 Å². The van der Waals surface area contributed by atoms with Gasteiger partial charge in [-0.3, -0.25) is 0 Å². The van der Waals surface area contributed by atoms with Crippen LogP contribution in [-0.4, -0.2) is 25.6 Å². The number of hydrogen-bond acceptors (Lipinski definition) is 4. The second kappa shape index (κ2) is 10.5. The van der Waals surface area contributed by atoms with E-state index in [2.05, 4.69) is 72.8 Å². The summed E-state index contributed by atoms with van der Waals surface area (Å²) < 4.78 is 64.1. The third-order valence-electron chi connectivity index (χ3n) is 3.81. The maximum absolute atomic E-state index is 10.7. The second-order valence-corrected chi connectivity index (χ2v) is 9.29. The Bertz CT molecular complexity index is 968. The Morgan fingerprint density at radius 3 is 1.57 bits per heavy atom. The van der Waals surface area contributed by atoms with E-state index in [0.29, 0.717) is 0 Å². The van der Waals surface area contributed by atoms with Crippen molar-refractivity contribution in [3.63, 3.8) is 0 Å². The molecule has 0 spiro atoms. The molecule has 0 aliphatic carbocycles. The Hall–Kier alpha value is -2.49. The van der Waals surface area contributed by atoms with Crippen LogP contribution in [0.5, 0.6) is 5.75 Å². The molecule has 160 valence electrons. The number of benzene rings is 3. The summed E-state index contributed by atoms with van der Waals surface area (Å²) in [5.74, 6) is 1.92. The normalized spacial score (nSPS) is 11.5. The molecule has 0 fully saturated rings. The van der Waals surface area contributed by atoms with Gasteiger partial charge >= 0.3 is 5.51 Å². The first-order valence-electron chi connectivity index (χ1n) is 8.58. The molecule has 0 aliphatic heterocycles. The lowest BCUT2D eigenvalue weighted by molar-refractivity contribution is -0.0517. The summed E-state index contributed by atoms with van der Waals surface area (Å²) in [5, 5.41) is 0. The van der Waals surface area contributed by atoms with Gasteiger partial charge in [-0.05, 0) is 36.4 Å². The molecule has 0 bridgehead atoms. The van der Waals surface area contributed by atoms with Crippen molar-refractivity contribution in [3.05, 3.63) is 90.5 Å². The van der Waals surface area contributed by atoms with Gasteiger partial charge in [0.15, 0.2) is 19.9 Å². The highest BCUT2D eigenvalue weighted by Gasteiger charge is 2.36. The molecule has 0 saturated heterocycles. The fourth-order valence-electron chi connectivity index (χ4n) is 2.36. The quantitative estimate of drug-likeness (QED) is 0.308. The van der Waals surface area contributed by atoms with Crippen molar-refractivity contribution in [2.75, 3.05) is 7.11 Å². The van der Waals surface area contributed by atoms with Crippen LogP contribution in [0.15, 0.2) is 94.7 Å². The predicted octanol–water partition coefficient (Wildman–Crippen LogP) is 4.98. The first kappa shape index (κ1) is 23.8. The highest BCUT2D eigenvalue weighted by Crippen LogP contribution is 2.27. The van der Waals surface area contributed by atoms with Gasteiger partial charge in [0.05, 0.1) is 18.0 Å². The Balaban J connectivity index is 0.000000343. The van der Waals surface area contributed by atoms with E-state index >= 15 is 0 Å². The predicted molar refractivity (Wildman–Crippen MR) is 109 cm³/mol. The van der Waals surface area contributed by atoms with Gasteiger partial charge in [-0.15, -0.1) is 0 Å². The molecule has 0 unspecified atom stereocenters. The van der Waals surface area contributed by atoms with E-state index < -0.39 is 15.6 Å². The van der Waals surface area contributed by atoms with Gasteiger partial charge in [-0.1, -0.05) is 48.5 Å². The number of ether oxygens (including phenoxy) is 1. The minimum atomic E-state index is -6.09. The minimum absolute atomic E-state index is 0.0484. The molecule has 30 heavy (non-hydrogen) atoms. The molecule has 4 nitrogen and oxygen atoms in total. The van der Waals surface area contributed by atoms with Crippen LogP contribution in [0.3, 0.4) is 0 Å². The van der Waals surface area contributed by atoms with Gasteiger partial charge in [-0.2, -0.15) is 13.2 Å². The molecule has 9 heteroatoms. The Morgan fingerprint density at radius 2 is 1.23 bits per heavy atom. The van der Waals surface area contributed by atoms with Crippen molar-refractivity contribution >= 4 is 21.0 Å². The monoisotopic (exact) mass is 456 g/mol. The summed E-state index contributed by atoms with van der Waals surface area (Å²) in [5.41, 5.74) is -4.32. The molecule has 0 N–H and O–H groups in total. The van der Waals surface area contributed by atoms with Crippen molar-refractivity contribution in [2.45, 2.75) is 21.1 Å². The van der Waals surface area contributed by atoms with Gasteiger partial charge in [0.1, 0.15) is 11.5 Å². The van der Waals surface area contributed by atoms with Crippen LogP contribution in [-0.2, 0) is 26.8 Å². The molecule has 0 amide bonds. The lowest BCUT2D eigenvalue weighted by Crippen LogP contribution is -2.21. The number of hydrogen-bond donors (Lipinski definition) is 0. The standard InChI is InChI=1S/C20H19OS.CHF3O3S/c1-21-18-14-12-17(13-15-18)16-22(19-8-4-2-5-9-19)20-10-6-3-7-11-20;2-1(3,4)8(5,6)7/h2-15H,16H2,1H3;(H,5,6,7)/q+1;/p-1. The van der Waals surface area contributed by atoms with E-state index in [1.807, 2.05) is 12.1 Å². The largest absolute Gasteiger partial charge is 0.741 e. The van der Waals surface area contributed by atoms with E-state index in [1.165, 1.54) is 15.4 Å². The fraction of sp³-hybridized carbons (Fsp3) is 0.143. The summed E-state index contributed by atoms with van der Waals surface area (Å²) in [6, 6.07) is 29.9. The number of halogens is 3. The van der Waals surface area contributed by atoms with Gasteiger partial charge in [0, 0.05) is 5.56 Å². The third kappa shape index (κ3) is 7.08. The lowest BCUT2D eigenvalue weighted by Gasteiger charge is -2.09. The molecule has 0 heterocycles. The summed E-state index contributed by atoms with van der Waals surface area (Å²) >= 11 is 0. The molecule has 0 atom stereocenters. The summed E-state index contributed by atoms with van der Waals surface area (Å²) in [4.78, 5) is 2.76. The van der Waals surface area contributed by atoms with Crippen molar-refractivity contribution in [1.82, 2.24) is 0 Å². The van der Waals surface area contributed by atoms with Gasteiger partial charge in [-0.25, -0.2) is 8.42 Å². The van der Waals surface area contributed by atoms with Crippen molar-refractivity contribution in [3.8, 4) is 5.75 Å². The molecule has 0 aromatic heterocycles. The molecule has 3 rings (SSSR count). The molecular weight excluding hydrogens is 437 g/mol. The number of methoxy groups -OCH3 is 1. The SMILES string of the molecule is COc1ccc(C[S+](c2ccccc2)c2ccccc2)cc1.O=S(=O)([O-])C(F)(F)F.